The molecule has 8 aliphatic rings. The zero-order chi connectivity index (χ0) is 41.6. The van der Waals surface area contributed by atoms with Gasteiger partial charge in [-0.15, -0.1) is 0 Å². The first-order valence-corrected chi connectivity index (χ1v) is 21.5. The summed E-state index contributed by atoms with van der Waals surface area (Å²) in [5.41, 5.74) is -3.23. The second kappa shape index (κ2) is 14.0. The second-order valence-electron chi connectivity index (χ2n) is 21.5. The Hall–Kier alpha value is -0.600. The Balaban J connectivity index is 1.07. The van der Waals surface area contributed by atoms with Gasteiger partial charge in [-0.2, -0.15) is 0 Å². The van der Waals surface area contributed by atoms with E-state index in [9.17, 15) is 51.1 Å². The molecule has 8 rings (SSSR count). The molecule has 57 heavy (non-hydrogen) atoms. The number of hydrogen-bond acceptors (Lipinski definition) is 15. The molecule has 0 aromatic heterocycles. The molecule has 0 radical (unpaired) electrons. The minimum absolute atomic E-state index is 0.0333. The summed E-state index contributed by atoms with van der Waals surface area (Å²) in [5.74, 6) is -0.232. The third-order valence-electron chi connectivity index (χ3n) is 18.2. The van der Waals surface area contributed by atoms with Crippen LogP contribution in [0.2, 0.25) is 0 Å². The Labute approximate surface area is 335 Å². The van der Waals surface area contributed by atoms with Crippen LogP contribution in [-0.4, -0.2) is 161 Å². The summed E-state index contributed by atoms with van der Waals surface area (Å²) >= 11 is 0. The molecule has 0 unspecified atom stereocenters. The summed E-state index contributed by atoms with van der Waals surface area (Å²) in [6, 6.07) is 0. The van der Waals surface area contributed by atoms with Gasteiger partial charge in [0.1, 0.15) is 48.8 Å². The molecule has 15 heteroatoms. The van der Waals surface area contributed by atoms with E-state index in [0.29, 0.717) is 32.1 Å². The molecule has 22 atom stereocenters. The highest BCUT2D eigenvalue weighted by atomic mass is 16.7. The lowest BCUT2D eigenvalue weighted by Gasteiger charge is -2.65. The summed E-state index contributed by atoms with van der Waals surface area (Å²) in [7, 11) is 0. The fourth-order valence-electron chi connectivity index (χ4n) is 15.1. The molecule has 2 spiro atoms. The monoisotopic (exact) mass is 814 g/mol. The van der Waals surface area contributed by atoms with Gasteiger partial charge in [-0.05, 0) is 117 Å². The fraction of sp³-hybridized carbons (Fsp3) is 1.00. The van der Waals surface area contributed by atoms with Gasteiger partial charge >= 0.3 is 0 Å². The lowest BCUT2D eigenvalue weighted by atomic mass is 9.41. The van der Waals surface area contributed by atoms with E-state index >= 15 is 0 Å². The Morgan fingerprint density at radius 3 is 1.86 bits per heavy atom. The first-order chi connectivity index (χ1) is 26.5. The molecule has 0 aromatic rings. The van der Waals surface area contributed by atoms with Crippen LogP contribution in [0.3, 0.4) is 0 Å². The number of fused-ring (bicyclic) bond motifs is 2. The van der Waals surface area contributed by atoms with Crippen LogP contribution in [-0.2, 0) is 23.7 Å². The average molecular weight is 815 g/mol. The number of aliphatic hydroxyl groups is 10. The predicted molar refractivity (Wildman–Crippen MR) is 200 cm³/mol. The molecule has 3 aliphatic heterocycles. The molecular weight excluding hydrogens is 744 g/mol. The van der Waals surface area contributed by atoms with E-state index in [4.69, 9.17) is 23.7 Å². The standard InChI is InChI=1S/C42H70O15/c1-36(2)24(46)8-11-42-18-41(42)13-12-38(5)32(40(7)10-9-25(56-40)37(3,4)57-35-31(52)29(50)27(48)22(17-44)55-35)19(45)15-39(38,6)23(41)14-20(33(36)42)53-34-30(51)28(49)26(47)21(16-43)54-34/h19-35,43-52H,8-18H2,1-7H3/t19-,20-,21+,22+,23-,24-,25-,26+,27+,28-,29-,30+,31+,32-,33+,34+,35-,38+,39-,40+,41-,42+/m0/s1. The summed E-state index contributed by atoms with van der Waals surface area (Å²) in [6.45, 7) is 13.4. The van der Waals surface area contributed by atoms with Crippen LogP contribution in [0, 0.1) is 44.8 Å². The van der Waals surface area contributed by atoms with Crippen molar-refractivity contribution in [1.82, 2.24) is 0 Å². The molecule has 3 heterocycles. The molecule has 5 aliphatic carbocycles. The van der Waals surface area contributed by atoms with Crippen LogP contribution in [0.5, 0.6) is 0 Å². The summed E-state index contributed by atoms with van der Waals surface area (Å²) in [6.07, 6.45) is -9.61. The highest BCUT2D eigenvalue weighted by Crippen LogP contribution is 2.89. The molecule has 5 saturated carbocycles. The summed E-state index contributed by atoms with van der Waals surface area (Å²) < 4.78 is 31.7. The molecule has 0 amide bonds. The normalized spacial score (nSPS) is 58.4. The van der Waals surface area contributed by atoms with Crippen molar-refractivity contribution in [3.63, 3.8) is 0 Å². The van der Waals surface area contributed by atoms with Gasteiger partial charge in [0.15, 0.2) is 12.6 Å². The number of ether oxygens (including phenoxy) is 5. The molecular formula is C42H70O15. The van der Waals surface area contributed by atoms with Crippen LogP contribution in [0.4, 0.5) is 0 Å². The molecule has 328 valence electrons. The average Bonchev–Trinajstić information content (AvgIpc) is 3.52. The number of aliphatic hydroxyl groups excluding tert-OH is 10. The van der Waals surface area contributed by atoms with Gasteiger partial charge in [-0.3, -0.25) is 0 Å². The lowest BCUT2D eigenvalue weighted by molar-refractivity contribution is -0.335. The van der Waals surface area contributed by atoms with Gasteiger partial charge in [0.2, 0.25) is 0 Å². The quantitative estimate of drug-likeness (QED) is 0.146. The van der Waals surface area contributed by atoms with Crippen molar-refractivity contribution in [2.45, 2.75) is 203 Å². The zero-order valence-electron chi connectivity index (χ0n) is 34.6. The van der Waals surface area contributed by atoms with Crippen LogP contribution in [0.15, 0.2) is 0 Å². The maximum absolute atomic E-state index is 12.3. The van der Waals surface area contributed by atoms with Crippen molar-refractivity contribution >= 4 is 0 Å². The van der Waals surface area contributed by atoms with Gasteiger partial charge in [-0.1, -0.05) is 27.7 Å². The highest BCUT2D eigenvalue weighted by Gasteiger charge is 2.85. The van der Waals surface area contributed by atoms with Crippen LogP contribution >= 0.6 is 0 Å². The lowest BCUT2D eigenvalue weighted by Crippen LogP contribution is -2.64. The van der Waals surface area contributed by atoms with E-state index < -0.39 is 116 Å². The van der Waals surface area contributed by atoms with E-state index in [1.165, 1.54) is 0 Å². The second-order valence-corrected chi connectivity index (χ2v) is 21.5. The minimum Gasteiger partial charge on any atom is -0.394 e. The van der Waals surface area contributed by atoms with E-state index in [2.05, 4.69) is 34.6 Å². The van der Waals surface area contributed by atoms with E-state index in [0.717, 1.165) is 25.7 Å². The topological polar surface area (TPSA) is 248 Å². The van der Waals surface area contributed by atoms with Crippen molar-refractivity contribution in [3.05, 3.63) is 0 Å². The zero-order valence-corrected chi connectivity index (χ0v) is 34.6. The van der Waals surface area contributed by atoms with Crippen molar-refractivity contribution in [1.29, 1.82) is 0 Å². The minimum atomic E-state index is -1.58. The first kappa shape index (κ1) is 43.1. The van der Waals surface area contributed by atoms with Gasteiger partial charge < -0.3 is 74.7 Å². The first-order valence-electron chi connectivity index (χ1n) is 21.5. The number of hydrogen-bond donors (Lipinski definition) is 10. The van der Waals surface area contributed by atoms with E-state index in [1.54, 1.807) is 0 Å². The van der Waals surface area contributed by atoms with Crippen molar-refractivity contribution in [3.8, 4) is 0 Å². The molecule has 8 fully saturated rings. The molecule has 0 bridgehead atoms. The Morgan fingerprint density at radius 2 is 1.25 bits per heavy atom. The van der Waals surface area contributed by atoms with E-state index in [1.807, 2.05) is 13.8 Å². The van der Waals surface area contributed by atoms with Crippen molar-refractivity contribution in [2.75, 3.05) is 13.2 Å². The third-order valence-corrected chi connectivity index (χ3v) is 18.2. The molecule has 3 saturated heterocycles. The Bertz CT molecular complexity index is 1510. The van der Waals surface area contributed by atoms with Gasteiger partial charge in [-0.25, -0.2) is 0 Å². The van der Waals surface area contributed by atoms with Crippen LogP contribution < -0.4 is 0 Å². The molecule has 0 aromatic carbocycles. The third kappa shape index (κ3) is 5.92. The molecule has 15 nitrogen and oxygen atoms in total. The van der Waals surface area contributed by atoms with E-state index in [-0.39, 0.29) is 39.4 Å². The van der Waals surface area contributed by atoms with Crippen molar-refractivity contribution < 1.29 is 74.7 Å². The predicted octanol–water partition coefficient (Wildman–Crippen LogP) is 0.0850. The highest BCUT2D eigenvalue weighted by molar-refractivity contribution is 5.33. The fourth-order valence-corrected chi connectivity index (χ4v) is 15.1. The smallest absolute Gasteiger partial charge is 0.187 e. The van der Waals surface area contributed by atoms with Crippen LogP contribution in [0.25, 0.3) is 0 Å². The maximum atomic E-state index is 12.3. The SMILES string of the molecule is CC(C)(O[C@@H]1O[C@H](CO)[C@@H](O)[C@H](O)[C@H]1O)[C@@H]1CC[C@](C)([C@H]2[C@@H](O)C[C@@]3(C)[C@@H]4C[C@H](O[C@@H]5O[C@H](CO)[C@@H](O)[C@H](O)[C@H]5O)[C@@H]5C(C)(C)[C@@H](O)CC[C@@]56C[C@@]46CC[C@]23C)O1. The largest absolute Gasteiger partial charge is 0.394 e. The van der Waals surface area contributed by atoms with Gasteiger partial charge in [0, 0.05) is 5.92 Å². The molecule has 10 N–H and O–H groups in total. The van der Waals surface area contributed by atoms with Gasteiger partial charge in [0.25, 0.3) is 0 Å². The van der Waals surface area contributed by atoms with Gasteiger partial charge in [0.05, 0.1) is 48.8 Å². The van der Waals surface area contributed by atoms with Crippen LogP contribution in [0.1, 0.15) is 106 Å². The summed E-state index contributed by atoms with van der Waals surface area (Å²) in [5, 5.41) is 107. The maximum Gasteiger partial charge on any atom is 0.187 e. The Morgan fingerprint density at radius 1 is 0.649 bits per heavy atom. The summed E-state index contributed by atoms with van der Waals surface area (Å²) in [4.78, 5) is 0. The Kier molecular flexibility index (Phi) is 10.5. The van der Waals surface area contributed by atoms with Crippen molar-refractivity contribution in [2.24, 2.45) is 44.8 Å². The number of rotatable bonds is 8.